The summed E-state index contributed by atoms with van der Waals surface area (Å²) in [4.78, 5) is 36.0. The molecule has 11 nitrogen and oxygen atoms in total. The molecule has 2 amide bonds. The van der Waals surface area contributed by atoms with E-state index in [4.69, 9.17) is 14.2 Å². The van der Waals surface area contributed by atoms with Crippen LogP contribution >= 0.6 is 0 Å². The summed E-state index contributed by atoms with van der Waals surface area (Å²) < 4.78 is 16.5. The van der Waals surface area contributed by atoms with E-state index in [1.807, 2.05) is 0 Å². The number of benzene rings is 2. The van der Waals surface area contributed by atoms with E-state index in [0.717, 1.165) is 25.5 Å². The van der Waals surface area contributed by atoms with E-state index < -0.39 is 10.8 Å². The predicted molar refractivity (Wildman–Crippen MR) is 119 cm³/mol. The number of hydrogen-bond acceptors (Lipinski definition) is 8. The zero-order valence-electron chi connectivity index (χ0n) is 17.8. The van der Waals surface area contributed by atoms with Gasteiger partial charge in [0, 0.05) is 37.0 Å². The molecule has 2 heterocycles. The van der Waals surface area contributed by atoms with Crippen LogP contribution in [0.5, 0.6) is 11.5 Å². The van der Waals surface area contributed by atoms with Gasteiger partial charge < -0.3 is 30.2 Å². The van der Waals surface area contributed by atoms with Crippen molar-refractivity contribution < 1.29 is 28.7 Å². The number of ether oxygens (including phenoxy) is 3. The number of nitro groups is 1. The zero-order chi connectivity index (χ0) is 23.2. The number of hydrogen-bond donors (Lipinski definition) is 3. The van der Waals surface area contributed by atoms with Crippen molar-refractivity contribution in [2.45, 2.75) is 18.9 Å². The van der Waals surface area contributed by atoms with Gasteiger partial charge in [-0.2, -0.15) is 0 Å². The van der Waals surface area contributed by atoms with Crippen LogP contribution in [-0.4, -0.2) is 55.8 Å². The van der Waals surface area contributed by atoms with Crippen LogP contribution in [-0.2, 0) is 9.53 Å². The molecule has 0 bridgehead atoms. The van der Waals surface area contributed by atoms with Crippen LogP contribution in [0.25, 0.3) is 0 Å². The van der Waals surface area contributed by atoms with Crippen molar-refractivity contribution in [2.75, 3.05) is 43.5 Å². The number of rotatable bonds is 8. The smallest absolute Gasteiger partial charge is 0.270 e. The third-order valence-electron chi connectivity index (χ3n) is 5.21. The molecule has 0 radical (unpaired) electrons. The third-order valence-corrected chi connectivity index (χ3v) is 5.21. The van der Waals surface area contributed by atoms with E-state index in [-0.39, 0.29) is 35.5 Å². The average Bonchev–Trinajstić information content (AvgIpc) is 3.32. The van der Waals surface area contributed by atoms with Crippen LogP contribution < -0.4 is 25.4 Å². The molecule has 0 aliphatic carbocycles. The van der Waals surface area contributed by atoms with Gasteiger partial charge in [0.1, 0.15) is 13.2 Å². The summed E-state index contributed by atoms with van der Waals surface area (Å²) >= 11 is 0. The molecule has 4 rings (SSSR count). The Labute approximate surface area is 189 Å². The highest BCUT2D eigenvalue weighted by Crippen LogP contribution is 2.33. The highest BCUT2D eigenvalue weighted by Gasteiger charge is 2.20. The number of carbonyl (C=O) groups excluding carboxylic acids is 2. The maximum absolute atomic E-state index is 13.0. The molecule has 11 heteroatoms. The molecule has 2 aliphatic heterocycles. The van der Waals surface area contributed by atoms with Gasteiger partial charge in [-0.1, -0.05) is 0 Å². The van der Waals surface area contributed by atoms with Gasteiger partial charge in [0.25, 0.3) is 11.6 Å². The minimum Gasteiger partial charge on any atom is -0.486 e. The molecule has 33 heavy (non-hydrogen) atoms. The number of fused-ring (bicyclic) bond motifs is 1. The second-order valence-electron chi connectivity index (χ2n) is 7.61. The lowest BCUT2D eigenvalue weighted by Crippen LogP contribution is -2.34. The second-order valence-corrected chi connectivity index (χ2v) is 7.61. The van der Waals surface area contributed by atoms with E-state index >= 15 is 0 Å². The van der Waals surface area contributed by atoms with E-state index in [1.54, 1.807) is 18.2 Å². The van der Waals surface area contributed by atoms with Crippen LogP contribution in [0.1, 0.15) is 23.2 Å². The Morgan fingerprint density at radius 2 is 1.85 bits per heavy atom. The van der Waals surface area contributed by atoms with E-state index in [9.17, 15) is 19.7 Å². The fourth-order valence-corrected chi connectivity index (χ4v) is 3.61. The maximum atomic E-state index is 13.0. The first-order chi connectivity index (χ1) is 16.0. The van der Waals surface area contributed by atoms with Gasteiger partial charge in [-0.3, -0.25) is 19.7 Å². The van der Waals surface area contributed by atoms with Crippen molar-refractivity contribution in [3.8, 4) is 11.5 Å². The molecule has 1 saturated heterocycles. The predicted octanol–water partition coefficient (Wildman–Crippen LogP) is 2.33. The minimum atomic E-state index is -0.613. The summed E-state index contributed by atoms with van der Waals surface area (Å²) in [6.45, 7) is 2.12. The summed E-state index contributed by atoms with van der Waals surface area (Å²) in [5.74, 6) is 0.0650. The topological polar surface area (TPSA) is 141 Å². The Kier molecular flexibility index (Phi) is 7.01. The highest BCUT2D eigenvalue weighted by atomic mass is 16.6. The first-order valence-corrected chi connectivity index (χ1v) is 10.6. The van der Waals surface area contributed by atoms with Gasteiger partial charge in [-0.05, 0) is 31.0 Å². The second kappa shape index (κ2) is 10.3. The zero-order valence-corrected chi connectivity index (χ0v) is 17.8. The molecule has 0 aromatic heterocycles. The Hall–Kier alpha value is -3.70. The van der Waals surface area contributed by atoms with Crippen LogP contribution in [0.3, 0.4) is 0 Å². The summed E-state index contributed by atoms with van der Waals surface area (Å²) in [7, 11) is 0. The molecule has 0 spiro atoms. The third kappa shape index (κ3) is 5.76. The van der Waals surface area contributed by atoms with Gasteiger partial charge in [0.05, 0.1) is 28.8 Å². The molecule has 174 valence electrons. The van der Waals surface area contributed by atoms with Crippen molar-refractivity contribution in [1.29, 1.82) is 0 Å². The van der Waals surface area contributed by atoms with Gasteiger partial charge in [0.15, 0.2) is 11.5 Å². The lowest BCUT2D eigenvalue weighted by molar-refractivity contribution is -0.384. The number of nitro benzene ring substituents is 1. The lowest BCUT2D eigenvalue weighted by Gasteiger charge is -2.19. The van der Waals surface area contributed by atoms with Crippen molar-refractivity contribution in [3.63, 3.8) is 0 Å². The molecule has 2 aromatic carbocycles. The summed E-state index contributed by atoms with van der Waals surface area (Å²) in [6, 6.07) is 8.61. The van der Waals surface area contributed by atoms with Crippen LogP contribution in [0.2, 0.25) is 0 Å². The Morgan fingerprint density at radius 1 is 1.03 bits per heavy atom. The number of amides is 2. The monoisotopic (exact) mass is 456 g/mol. The first-order valence-electron chi connectivity index (χ1n) is 10.6. The molecule has 1 atom stereocenters. The van der Waals surface area contributed by atoms with Gasteiger partial charge in [0.2, 0.25) is 5.91 Å². The quantitative estimate of drug-likeness (QED) is 0.406. The van der Waals surface area contributed by atoms with Crippen LogP contribution in [0.4, 0.5) is 17.1 Å². The SMILES string of the molecule is O=C(CNC[C@@H]1CCCO1)Nc1ccc([N+](=O)[O-])cc1C(=O)Nc1ccc2c(c1)OCCO2. The standard InChI is InChI=1S/C22H24N4O7/c27-21(13-23-12-16-2-1-7-31-16)25-18-5-4-15(26(29)30)11-17(18)22(28)24-14-3-6-19-20(10-14)33-9-8-32-19/h3-6,10-11,16,23H,1-2,7-9,12-13H2,(H,24,28)(H,25,27)/t16-/m0/s1. The molecule has 2 aromatic rings. The molecule has 3 N–H and O–H groups in total. The number of nitrogens with one attached hydrogen (secondary N) is 3. The Morgan fingerprint density at radius 3 is 2.61 bits per heavy atom. The molecule has 1 fully saturated rings. The maximum Gasteiger partial charge on any atom is 0.270 e. The van der Waals surface area contributed by atoms with Gasteiger partial charge in [-0.15, -0.1) is 0 Å². The number of non-ortho nitro benzene ring substituents is 1. The van der Waals surface area contributed by atoms with Crippen molar-refractivity contribution in [1.82, 2.24) is 5.32 Å². The lowest BCUT2D eigenvalue weighted by atomic mass is 10.1. The largest absolute Gasteiger partial charge is 0.486 e. The molecule has 2 aliphatic rings. The first kappa shape index (κ1) is 22.5. The van der Waals surface area contributed by atoms with Crippen LogP contribution in [0.15, 0.2) is 36.4 Å². The molecule has 0 unspecified atom stereocenters. The summed E-state index contributed by atoms with van der Waals surface area (Å²) in [5.41, 5.74) is 0.286. The number of carbonyl (C=O) groups is 2. The van der Waals surface area contributed by atoms with E-state index in [1.165, 1.54) is 12.1 Å². The van der Waals surface area contributed by atoms with Crippen molar-refractivity contribution in [3.05, 3.63) is 52.1 Å². The van der Waals surface area contributed by atoms with Gasteiger partial charge in [-0.25, -0.2) is 0 Å². The van der Waals surface area contributed by atoms with E-state index in [0.29, 0.717) is 36.9 Å². The van der Waals surface area contributed by atoms with Gasteiger partial charge >= 0.3 is 0 Å². The molecular formula is C22H24N4O7. The fourth-order valence-electron chi connectivity index (χ4n) is 3.61. The molecular weight excluding hydrogens is 432 g/mol. The van der Waals surface area contributed by atoms with E-state index in [2.05, 4.69) is 16.0 Å². The number of anilines is 2. The highest BCUT2D eigenvalue weighted by molar-refractivity contribution is 6.10. The summed E-state index contributed by atoms with van der Waals surface area (Å²) in [6.07, 6.45) is 2.04. The van der Waals surface area contributed by atoms with Crippen molar-refractivity contribution in [2.24, 2.45) is 0 Å². The molecule has 0 saturated carbocycles. The Bertz CT molecular complexity index is 1050. The average molecular weight is 456 g/mol. The van der Waals surface area contributed by atoms with Crippen molar-refractivity contribution >= 4 is 28.9 Å². The minimum absolute atomic E-state index is 0.0140. The Balaban J connectivity index is 1.45. The van der Waals surface area contributed by atoms with Crippen LogP contribution in [0, 0.1) is 10.1 Å². The number of nitrogens with zero attached hydrogens (tertiary/aromatic N) is 1. The normalized spacial score (nSPS) is 16.8. The fraction of sp³-hybridized carbons (Fsp3) is 0.364. The summed E-state index contributed by atoms with van der Waals surface area (Å²) in [5, 5.41) is 19.6.